The second kappa shape index (κ2) is 8.09. The third-order valence-electron chi connectivity index (χ3n) is 3.18. The molecule has 0 aliphatic heterocycles. The maximum absolute atomic E-state index is 12.0. The Bertz CT molecular complexity index is 315. The highest BCUT2D eigenvalue weighted by Gasteiger charge is 2.22. The molecule has 0 rings (SSSR count). The number of rotatable bonds is 10. The zero-order valence-electron chi connectivity index (χ0n) is 12.4. The van der Waals surface area contributed by atoms with Gasteiger partial charge >= 0.3 is 0 Å². The lowest BCUT2D eigenvalue weighted by Gasteiger charge is -2.25. The van der Waals surface area contributed by atoms with E-state index in [2.05, 4.69) is 30.8 Å². The minimum absolute atomic E-state index is 0.00231. The van der Waals surface area contributed by atoms with Crippen molar-refractivity contribution in [1.29, 1.82) is 0 Å². The summed E-state index contributed by atoms with van der Waals surface area (Å²) in [6.07, 6.45) is 1.77. The van der Waals surface area contributed by atoms with Crippen LogP contribution < -0.4 is 10.0 Å². The van der Waals surface area contributed by atoms with Crippen molar-refractivity contribution in [1.82, 2.24) is 14.3 Å². The maximum Gasteiger partial charge on any atom is 0.279 e. The lowest BCUT2D eigenvalue weighted by Crippen LogP contribution is -2.43. The molecule has 6 heteroatoms. The summed E-state index contributed by atoms with van der Waals surface area (Å²) in [5.41, 5.74) is -0.00231. The fraction of sp³-hybridized carbons (Fsp3) is 1.00. The Morgan fingerprint density at radius 3 is 2.33 bits per heavy atom. The summed E-state index contributed by atoms with van der Waals surface area (Å²) in [6, 6.07) is 0. The second-order valence-corrected chi connectivity index (χ2v) is 7.23. The smallest absolute Gasteiger partial charge is 0.279 e. The lowest BCUT2D eigenvalue weighted by atomic mass is 9.91. The van der Waals surface area contributed by atoms with E-state index in [1.54, 1.807) is 7.05 Å². The Labute approximate surface area is 113 Å². The van der Waals surface area contributed by atoms with Gasteiger partial charge in [0.25, 0.3) is 10.2 Å². The van der Waals surface area contributed by atoms with Crippen molar-refractivity contribution < 1.29 is 8.42 Å². The predicted molar refractivity (Wildman–Crippen MR) is 76.8 cm³/mol. The zero-order chi connectivity index (χ0) is 14.2. The average molecular weight is 279 g/mol. The van der Waals surface area contributed by atoms with Crippen molar-refractivity contribution in [3.63, 3.8) is 0 Å². The van der Waals surface area contributed by atoms with Gasteiger partial charge < -0.3 is 5.32 Å². The number of hydrogen-bond donors (Lipinski definition) is 2. The van der Waals surface area contributed by atoms with Crippen LogP contribution in [-0.2, 0) is 10.2 Å². The van der Waals surface area contributed by atoms with E-state index in [1.807, 2.05) is 6.92 Å². The molecule has 0 spiro atoms. The minimum Gasteiger partial charge on any atom is -0.317 e. The highest BCUT2D eigenvalue weighted by molar-refractivity contribution is 7.87. The second-order valence-electron chi connectivity index (χ2n) is 5.37. The van der Waals surface area contributed by atoms with Crippen LogP contribution in [0.4, 0.5) is 0 Å². The van der Waals surface area contributed by atoms with E-state index >= 15 is 0 Å². The molecule has 0 aromatic heterocycles. The van der Waals surface area contributed by atoms with Crippen LogP contribution in [0.25, 0.3) is 0 Å². The molecule has 0 bridgehead atoms. The van der Waals surface area contributed by atoms with Crippen LogP contribution in [0.1, 0.15) is 40.5 Å². The monoisotopic (exact) mass is 279 g/mol. The Kier molecular flexibility index (Phi) is 8.02. The average Bonchev–Trinajstić information content (AvgIpc) is 2.32. The first kappa shape index (κ1) is 17.8. The van der Waals surface area contributed by atoms with E-state index in [0.29, 0.717) is 13.1 Å². The quantitative estimate of drug-likeness (QED) is 0.591. The third-order valence-corrected chi connectivity index (χ3v) is 4.69. The normalized spacial score (nSPS) is 13.2. The van der Waals surface area contributed by atoms with Crippen molar-refractivity contribution in [2.45, 2.75) is 40.5 Å². The molecule has 0 atom stereocenters. The van der Waals surface area contributed by atoms with Crippen molar-refractivity contribution in [2.75, 3.05) is 33.2 Å². The molecule has 0 unspecified atom stereocenters. The van der Waals surface area contributed by atoms with Crippen LogP contribution in [0.15, 0.2) is 0 Å². The van der Waals surface area contributed by atoms with Gasteiger partial charge in [0.05, 0.1) is 0 Å². The summed E-state index contributed by atoms with van der Waals surface area (Å²) in [5, 5.41) is 3.18. The Morgan fingerprint density at radius 1 is 1.22 bits per heavy atom. The fourth-order valence-corrected chi connectivity index (χ4v) is 2.41. The molecule has 18 heavy (non-hydrogen) atoms. The molecule has 5 nitrogen and oxygen atoms in total. The van der Waals surface area contributed by atoms with Gasteiger partial charge in [-0.3, -0.25) is 0 Å². The van der Waals surface area contributed by atoms with Gasteiger partial charge in [0, 0.05) is 20.1 Å². The molecule has 0 saturated heterocycles. The molecule has 0 amide bonds. The van der Waals surface area contributed by atoms with Gasteiger partial charge in [-0.25, -0.2) is 4.72 Å². The van der Waals surface area contributed by atoms with Gasteiger partial charge in [-0.2, -0.15) is 12.7 Å². The topological polar surface area (TPSA) is 61.4 Å². The van der Waals surface area contributed by atoms with Gasteiger partial charge in [0.2, 0.25) is 0 Å². The van der Waals surface area contributed by atoms with Crippen molar-refractivity contribution in [3.8, 4) is 0 Å². The van der Waals surface area contributed by atoms with Crippen molar-refractivity contribution in [2.24, 2.45) is 5.41 Å². The summed E-state index contributed by atoms with van der Waals surface area (Å²) in [4.78, 5) is 0. The van der Waals surface area contributed by atoms with Crippen molar-refractivity contribution >= 4 is 10.2 Å². The summed E-state index contributed by atoms with van der Waals surface area (Å²) >= 11 is 0. The molecule has 110 valence electrons. The molecule has 0 fully saturated rings. The summed E-state index contributed by atoms with van der Waals surface area (Å²) in [6.45, 7) is 11.0. The first-order valence-corrected chi connectivity index (χ1v) is 8.11. The zero-order valence-corrected chi connectivity index (χ0v) is 13.2. The van der Waals surface area contributed by atoms with E-state index in [1.165, 1.54) is 4.31 Å². The SMILES string of the molecule is CCNCCCN(C)S(=O)(=O)NCC(C)(C)CC. The van der Waals surface area contributed by atoms with Crippen LogP contribution >= 0.6 is 0 Å². The summed E-state index contributed by atoms with van der Waals surface area (Å²) in [5.74, 6) is 0. The predicted octanol–water partition coefficient (Wildman–Crippen LogP) is 1.19. The molecular formula is C12H29N3O2S. The minimum atomic E-state index is -3.34. The Balaban J connectivity index is 4.12. The fourth-order valence-electron chi connectivity index (χ4n) is 1.25. The van der Waals surface area contributed by atoms with E-state index in [0.717, 1.165) is 25.9 Å². The van der Waals surface area contributed by atoms with Gasteiger partial charge in [-0.15, -0.1) is 0 Å². The Hall–Kier alpha value is -0.170. The molecule has 0 aliphatic rings. The molecule has 0 saturated carbocycles. The maximum atomic E-state index is 12.0. The van der Waals surface area contributed by atoms with E-state index < -0.39 is 10.2 Å². The standard InChI is InChI=1S/C12H29N3O2S/c1-6-12(3,4)11-14-18(16,17)15(5)10-8-9-13-7-2/h13-14H,6-11H2,1-5H3. The van der Waals surface area contributed by atoms with E-state index in [4.69, 9.17) is 0 Å². The number of nitrogens with one attached hydrogen (secondary N) is 2. The van der Waals surface area contributed by atoms with Gasteiger partial charge in [-0.05, 0) is 31.3 Å². The lowest BCUT2D eigenvalue weighted by molar-refractivity contribution is 0.343. The van der Waals surface area contributed by atoms with Crippen LogP contribution in [0.2, 0.25) is 0 Å². The van der Waals surface area contributed by atoms with Crippen molar-refractivity contribution in [3.05, 3.63) is 0 Å². The molecular weight excluding hydrogens is 250 g/mol. The van der Waals surface area contributed by atoms with Gasteiger partial charge in [0.15, 0.2) is 0 Å². The Morgan fingerprint density at radius 2 is 1.83 bits per heavy atom. The highest BCUT2D eigenvalue weighted by Crippen LogP contribution is 2.18. The largest absolute Gasteiger partial charge is 0.317 e. The van der Waals surface area contributed by atoms with Crippen LogP contribution in [0.3, 0.4) is 0 Å². The third kappa shape index (κ3) is 7.31. The summed E-state index contributed by atoms with van der Waals surface area (Å²) < 4.78 is 28.0. The highest BCUT2D eigenvalue weighted by atomic mass is 32.2. The molecule has 0 aromatic carbocycles. The van der Waals surface area contributed by atoms with E-state index in [9.17, 15) is 8.42 Å². The van der Waals surface area contributed by atoms with E-state index in [-0.39, 0.29) is 5.41 Å². The molecule has 0 heterocycles. The molecule has 0 aliphatic carbocycles. The van der Waals surface area contributed by atoms with Crippen LogP contribution in [-0.4, -0.2) is 45.9 Å². The van der Waals surface area contributed by atoms with Crippen LogP contribution in [0, 0.1) is 5.41 Å². The number of nitrogens with zero attached hydrogens (tertiary/aromatic N) is 1. The first-order valence-electron chi connectivity index (χ1n) is 6.67. The van der Waals surface area contributed by atoms with Gasteiger partial charge in [0.1, 0.15) is 0 Å². The molecule has 2 N–H and O–H groups in total. The molecule has 0 aromatic rings. The van der Waals surface area contributed by atoms with Crippen LogP contribution in [0.5, 0.6) is 0 Å². The number of hydrogen-bond acceptors (Lipinski definition) is 3. The first-order chi connectivity index (χ1) is 8.25. The summed E-state index contributed by atoms with van der Waals surface area (Å²) in [7, 11) is -1.72. The molecule has 0 radical (unpaired) electrons. The van der Waals surface area contributed by atoms with Gasteiger partial charge in [-0.1, -0.05) is 27.7 Å².